The van der Waals surface area contributed by atoms with Crippen LogP contribution in [-0.4, -0.2) is 35.3 Å². The minimum Gasteiger partial charge on any atom is -0.484 e. The molecule has 1 amide bonds. The summed E-state index contributed by atoms with van der Waals surface area (Å²) in [4.78, 5) is 28.6. The summed E-state index contributed by atoms with van der Waals surface area (Å²) in [7, 11) is 0. The van der Waals surface area contributed by atoms with E-state index in [2.05, 4.69) is 10.3 Å². The summed E-state index contributed by atoms with van der Waals surface area (Å²) in [6.07, 6.45) is 0. The van der Waals surface area contributed by atoms with Gasteiger partial charge in [-0.2, -0.15) is 0 Å². The highest BCUT2D eigenvalue weighted by molar-refractivity contribution is 7.09. The van der Waals surface area contributed by atoms with E-state index in [-0.39, 0.29) is 31.1 Å². The minimum absolute atomic E-state index is 0.111. The molecule has 7 nitrogen and oxygen atoms in total. The first-order chi connectivity index (χ1) is 13.4. The van der Waals surface area contributed by atoms with Gasteiger partial charge in [0, 0.05) is 16.8 Å². The minimum atomic E-state index is -0.476. The van der Waals surface area contributed by atoms with Crippen LogP contribution < -0.4 is 15.7 Å². The maximum absolute atomic E-state index is 12.3. The number of aliphatic hydroxyl groups is 1. The van der Waals surface area contributed by atoms with Crippen LogP contribution in [0.1, 0.15) is 18.9 Å². The molecule has 1 atom stereocenters. The van der Waals surface area contributed by atoms with Crippen molar-refractivity contribution in [1.29, 1.82) is 0 Å². The SMILES string of the molecule is Cc1nc(-c2cc3ccc(OCC(=O)N[C@H](CO)C(C)C)cc3oc2=O)cs1. The van der Waals surface area contributed by atoms with Gasteiger partial charge in [0.05, 0.1) is 28.9 Å². The highest BCUT2D eigenvalue weighted by Gasteiger charge is 2.16. The Hall–Kier alpha value is -2.71. The zero-order chi connectivity index (χ0) is 20.3. The molecule has 0 saturated heterocycles. The predicted molar refractivity (Wildman–Crippen MR) is 108 cm³/mol. The van der Waals surface area contributed by atoms with Crippen LogP contribution in [0, 0.1) is 12.8 Å². The fraction of sp³-hybridized carbons (Fsp3) is 0.350. The summed E-state index contributed by atoms with van der Waals surface area (Å²) in [6, 6.07) is 6.46. The van der Waals surface area contributed by atoms with Crippen molar-refractivity contribution in [1.82, 2.24) is 10.3 Å². The summed E-state index contributed by atoms with van der Waals surface area (Å²) in [6.45, 7) is 5.37. The number of rotatable bonds is 7. The van der Waals surface area contributed by atoms with E-state index in [4.69, 9.17) is 9.15 Å². The molecule has 2 N–H and O–H groups in total. The van der Waals surface area contributed by atoms with Crippen molar-refractivity contribution < 1.29 is 19.1 Å². The average Bonchev–Trinajstić information content (AvgIpc) is 3.09. The number of fused-ring (bicyclic) bond motifs is 1. The third kappa shape index (κ3) is 4.58. The fourth-order valence-corrected chi connectivity index (χ4v) is 3.28. The van der Waals surface area contributed by atoms with Gasteiger partial charge in [0.1, 0.15) is 11.3 Å². The standard InChI is InChI=1S/C20H22N2O5S/c1-11(2)16(8-23)22-19(24)9-26-14-5-4-13-6-15(17-10-28-12(3)21-17)20(25)27-18(13)7-14/h4-7,10-11,16,23H,8-9H2,1-3H3,(H,22,24)/t16-/m1/s1. The van der Waals surface area contributed by atoms with Gasteiger partial charge in [0.25, 0.3) is 5.91 Å². The largest absolute Gasteiger partial charge is 0.484 e. The Balaban J connectivity index is 1.74. The molecule has 0 unspecified atom stereocenters. The Morgan fingerprint density at radius 2 is 2.14 bits per heavy atom. The quantitative estimate of drug-likeness (QED) is 0.589. The first kappa shape index (κ1) is 20.0. The number of aryl methyl sites for hydroxylation is 1. The van der Waals surface area contributed by atoms with Gasteiger partial charge >= 0.3 is 5.63 Å². The average molecular weight is 402 g/mol. The molecule has 0 aliphatic heterocycles. The second-order valence-corrected chi connectivity index (χ2v) is 7.85. The van der Waals surface area contributed by atoms with Gasteiger partial charge in [-0.25, -0.2) is 9.78 Å². The predicted octanol–water partition coefficient (Wildman–Crippen LogP) is 2.74. The van der Waals surface area contributed by atoms with Gasteiger partial charge in [0.2, 0.25) is 0 Å². The summed E-state index contributed by atoms with van der Waals surface area (Å²) >= 11 is 1.47. The van der Waals surface area contributed by atoms with Crippen LogP contribution in [0.25, 0.3) is 22.2 Å². The summed E-state index contributed by atoms with van der Waals surface area (Å²) in [5.41, 5.74) is 0.900. The van der Waals surface area contributed by atoms with E-state index in [0.29, 0.717) is 22.6 Å². The number of carbonyl (C=O) groups excluding carboxylic acids is 1. The van der Waals surface area contributed by atoms with Crippen LogP contribution in [0.3, 0.4) is 0 Å². The van der Waals surface area contributed by atoms with Gasteiger partial charge < -0.3 is 19.6 Å². The lowest BCUT2D eigenvalue weighted by molar-refractivity contribution is -0.124. The smallest absolute Gasteiger partial charge is 0.345 e. The van der Waals surface area contributed by atoms with Crippen molar-refractivity contribution in [2.45, 2.75) is 26.8 Å². The molecule has 148 valence electrons. The molecule has 3 rings (SSSR count). The zero-order valence-electron chi connectivity index (χ0n) is 15.9. The number of thiazole rings is 1. The first-order valence-corrected chi connectivity index (χ1v) is 9.78. The van der Waals surface area contributed by atoms with Crippen molar-refractivity contribution in [3.63, 3.8) is 0 Å². The Kier molecular flexibility index (Phi) is 6.11. The molecule has 2 aromatic heterocycles. The zero-order valence-corrected chi connectivity index (χ0v) is 16.7. The second-order valence-electron chi connectivity index (χ2n) is 6.79. The lowest BCUT2D eigenvalue weighted by atomic mass is 10.1. The number of hydrogen-bond donors (Lipinski definition) is 2. The van der Waals surface area contributed by atoms with E-state index in [1.54, 1.807) is 24.3 Å². The van der Waals surface area contributed by atoms with Gasteiger partial charge in [0.15, 0.2) is 6.61 Å². The van der Waals surface area contributed by atoms with Crippen LogP contribution >= 0.6 is 11.3 Å². The van der Waals surface area contributed by atoms with Crippen molar-refractivity contribution >= 4 is 28.2 Å². The fourth-order valence-electron chi connectivity index (χ4n) is 2.67. The number of amides is 1. The Morgan fingerprint density at radius 1 is 1.36 bits per heavy atom. The number of aliphatic hydroxyl groups excluding tert-OH is 1. The third-order valence-electron chi connectivity index (χ3n) is 4.32. The van der Waals surface area contributed by atoms with Crippen LogP contribution in [0.2, 0.25) is 0 Å². The lowest BCUT2D eigenvalue weighted by Gasteiger charge is -2.19. The monoisotopic (exact) mass is 402 g/mol. The Morgan fingerprint density at radius 3 is 2.79 bits per heavy atom. The van der Waals surface area contributed by atoms with Crippen LogP contribution in [0.15, 0.2) is 38.9 Å². The summed E-state index contributed by atoms with van der Waals surface area (Å²) in [5, 5.41) is 15.4. The molecular weight excluding hydrogens is 380 g/mol. The molecule has 28 heavy (non-hydrogen) atoms. The van der Waals surface area contributed by atoms with E-state index in [1.165, 1.54) is 11.3 Å². The van der Waals surface area contributed by atoms with E-state index >= 15 is 0 Å². The number of nitrogens with one attached hydrogen (secondary N) is 1. The topological polar surface area (TPSA) is 102 Å². The molecule has 0 radical (unpaired) electrons. The summed E-state index contributed by atoms with van der Waals surface area (Å²) in [5.74, 6) is 0.191. The number of carbonyl (C=O) groups is 1. The van der Waals surface area contributed by atoms with Crippen molar-refractivity contribution in [3.05, 3.63) is 45.1 Å². The number of nitrogens with zero attached hydrogens (tertiary/aromatic N) is 1. The van der Waals surface area contributed by atoms with Gasteiger partial charge in [-0.1, -0.05) is 13.8 Å². The Bertz CT molecular complexity index is 1040. The van der Waals surface area contributed by atoms with Crippen LogP contribution in [-0.2, 0) is 4.79 Å². The summed E-state index contributed by atoms with van der Waals surface area (Å²) < 4.78 is 10.9. The molecule has 0 aliphatic carbocycles. The number of ether oxygens (including phenoxy) is 1. The molecule has 0 spiro atoms. The number of hydrogen-bond acceptors (Lipinski definition) is 7. The molecule has 2 heterocycles. The molecule has 0 fully saturated rings. The van der Waals surface area contributed by atoms with E-state index in [1.807, 2.05) is 26.2 Å². The van der Waals surface area contributed by atoms with Crippen LogP contribution in [0.5, 0.6) is 5.75 Å². The lowest BCUT2D eigenvalue weighted by Crippen LogP contribution is -2.43. The van der Waals surface area contributed by atoms with Crippen molar-refractivity contribution in [3.8, 4) is 17.0 Å². The molecule has 1 aromatic carbocycles. The molecular formula is C20H22N2O5S. The van der Waals surface area contributed by atoms with Gasteiger partial charge in [-0.3, -0.25) is 4.79 Å². The van der Waals surface area contributed by atoms with Crippen molar-refractivity contribution in [2.75, 3.05) is 13.2 Å². The molecule has 8 heteroatoms. The molecule has 0 saturated carbocycles. The molecule has 0 bridgehead atoms. The van der Waals surface area contributed by atoms with E-state index in [0.717, 1.165) is 10.4 Å². The maximum atomic E-state index is 12.3. The normalized spacial score (nSPS) is 12.3. The second kappa shape index (κ2) is 8.53. The molecule has 0 aliphatic rings. The van der Waals surface area contributed by atoms with Gasteiger partial charge in [-0.15, -0.1) is 11.3 Å². The molecule has 3 aromatic rings. The maximum Gasteiger partial charge on any atom is 0.345 e. The van der Waals surface area contributed by atoms with E-state index < -0.39 is 5.63 Å². The van der Waals surface area contributed by atoms with E-state index in [9.17, 15) is 14.7 Å². The van der Waals surface area contributed by atoms with Crippen LogP contribution in [0.4, 0.5) is 0 Å². The number of aromatic nitrogens is 1. The third-order valence-corrected chi connectivity index (χ3v) is 5.09. The first-order valence-electron chi connectivity index (χ1n) is 8.91. The highest BCUT2D eigenvalue weighted by Crippen LogP contribution is 2.25. The Labute approximate surface area is 166 Å². The van der Waals surface area contributed by atoms with Gasteiger partial charge in [-0.05, 0) is 31.0 Å². The number of benzene rings is 1. The highest BCUT2D eigenvalue weighted by atomic mass is 32.1. The van der Waals surface area contributed by atoms with Crippen molar-refractivity contribution in [2.24, 2.45) is 5.92 Å².